The lowest BCUT2D eigenvalue weighted by Crippen LogP contribution is -2.26. The van der Waals surface area contributed by atoms with Crippen molar-refractivity contribution in [3.8, 4) is 17.2 Å². The van der Waals surface area contributed by atoms with Crippen LogP contribution in [0.1, 0.15) is 24.3 Å². The summed E-state index contributed by atoms with van der Waals surface area (Å²) in [6.07, 6.45) is 2.27. The lowest BCUT2D eigenvalue weighted by molar-refractivity contribution is 0.411. The van der Waals surface area contributed by atoms with Crippen LogP contribution in [-0.4, -0.2) is 20.2 Å². The van der Waals surface area contributed by atoms with Crippen LogP contribution in [0.3, 0.4) is 0 Å². The van der Waals surface area contributed by atoms with E-state index in [1.807, 2.05) is 24.3 Å². The summed E-state index contributed by atoms with van der Waals surface area (Å²) in [5, 5.41) is 3.95. The largest absolute Gasteiger partial charge is 0.497 e. The first-order chi connectivity index (χ1) is 10.8. The van der Waals surface area contributed by atoms with Gasteiger partial charge in [0.2, 0.25) is 0 Å². The van der Waals surface area contributed by atoms with Crippen molar-refractivity contribution in [3.05, 3.63) is 53.1 Å². The number of methoxy groups -OCH3 is 1. The third kappa shape index (κ3) is 3.37. The number of hydrogen-bond donors (Lipinski definition) is 1. The van der Waals surface area contributed by atoms with Crippen LogP contribution in [-0.2, 0) is 0 Å². The number of rotatable bonds is 4. The Morgan fingerprint density at radius 1 is 1.05 bits per heavy atom. The second-order valence-corrected chi connectivity index (χ2v) is 5.87. The molecule has 1 aliphatic rings. The van der Waals surface area contributed by atoms with Crippen LogP contribution in [0.25, 0.3) is 0 Å². The summed E-state index contributed by atoms with van der Waals surface area (Å²) < 4.78 is 11.3. The molecular formula is C18H20ClNO2. The number of halogens is 1. The van der Waals surface area contributed by atoms with Crippen molar-refractivity contribution in [1.29, 1.82) is 0 Å². The van der Waals surface area contributed by atoms with Gasteiger partial charge in [-0.05, 0) is 55.6 Å². The minimum Gasteiger partial charge on any atom is -0.497 e. The Morgan fingerprint density at radius 2 is 1.82 bits per heavy atom. The van der Waals surface area contributed by atoms with Gasteiger partial charge in [-0.15, -0.1) is 0 Å². The number of piperidine rings is 1. The van der Waals surface area contributed by atoms with Crippen LogP contribution in [0.2, 0.25) is 5.02 Å². The minimum atomic E-state index is 0.537. The van der Waals surface area contributed by atoms with Crippen LogP contribution in [0.5, 0.6) is 17.2 Å². The van der Waals surface area contributed by atoms with Crippen molar-refractivity contribution < 1.29 is 9.47 Å². The predicted octanol–water partition coefficient (Wildman–Crippen LogP) is 4.61. The standard InChI is InChI=1S/C18H20ClNO2/c1-21-14-6-7-18(16(19)12-14)22-17-5-3-2-4-15(17)13-8-10-20-11-9-13/h2-7,12-13,20H,8-11H2,1H3. The summed E-state index contributed by atoms with van der Waals surface area (Å²) in [6, 6.07) is 13.7. The average Bonchev–Trinajstić information content (AvgIpc) is 2.58. The maximum Gasteiger partial charge on any atom is 0.146 e. The summed E-state index contributed by atoms with van der Waals surface area (Å²) in [7, 11) is 1.62. The number of ether oxygens (including phenoxy) is 2. The summed E-state index contributed by atoms with van der Waals surface area (Å²) in [4.78, 5) is 0. The summed E-state index contributed by atoms with van der Waals surface area (Å²) in [6.45, 7) is 2.12. The van der Waals surface area contributed by atoms with Crippen molar-refractivity contribution in [2.45, 2.75) is 18.8 Å². The van der Waals surface area contributed by atoms with Gasteiger partial charge in [0, 0.05) is 6.07 Å². The van der Waals surface area contributed by atoms with E-state index in [9.17, 15) is 0 Å². The van der Waals surface area contributed by atoms with E-state index in [2.05, 4.69) is 17.4 Å². The van der Waals surface area contributed by atoms with Crippen molar-refractivity contribution >= 4 is 11.6 Å². The molecule has 1 aliphatic heterocycles. The van der Waals surface area contributed by atoms with E-state index in [0.29, 0.717) is 16.7 Å². The Hall–Kier alpha value is -1.71. The molecule has 4 heteroatoms. The van der Waals surface area contributed by atoms with Gasteiger partial charge in [0.05, 0.1) is 12.1 Å². The average molecular weight is 318 g/mol. The molecule has 0 bridgehead atoms. The van der Waals surface area contributed by atoms with Gasteiger partial charge in [-0.3, -0.25) is 0 Å². The van der Waals surface area contributed by atoms with Gasteiger partial charge in [-0.1, -0.05) is 29.8 Å². The normalized spacial score (nSPS) is 15.5. The highest BCUT2D eigenvalue weighted by molar-refractivity contribution is 6.32. The molecule has 3 rings (SSSR count). The summed E-state index contributed by atoms with van der Waals surface area (Å²) in [5.74, 6) is 2.81. The monoisotopic (exact) mass is 317 g/mol. The van der Waals surface area contributed by atoms with Crippen molar-refractivity contribution in [2.75, 3.05) is 20.2 Å². The maximum atomic E-state index is 6.28. The zero-order valence-electron chi connectivity index (χ0n) is 12.6. The van der Waals surface area contributed by atoms with Crippen molar-refractivity contribution in [3.63, 3.8) is 0 Å². The zero-order chi connectivity index (χ0) is 15.4. The van der Waals surface area contributed by atoms with E-state index in [0.717, 1.165) is 37.4 Å². The molecule has 2 aromatic rings. The zero-order valence-corrected chi connectivity index (χ0v) is 13.4. The van der Waals surface area contributed by atoms with E-state index in [-0.39, 0.29) is 0 Å². The molecule has 2 aromatic carbocycles. The summed E-state index contributed by atoms with van der Waals surface area (Å²) >= 11 is 6.28. The molecule has 0 saturated carbocycles. The van der Waals surface area contributed by atoms with Crippen molar-refractivity contribution in [1.82, 2.24) is 5.32 Å². The number of benzene rings is 2. The summed E-state index contributed by atoms with van der Waals surface area (Å²) in [5.41, 5.74) is 1.26. The van der Waals surface area contributed by atoms with Crippen molar-refractivity contribution in [2.24, 2.45) is 0 Å². The third-order valence-corrected chi connectivity index (χ3v) is 4.35. The molecule has 1 heterocycles. The van der Waals surface area contributed by atoms with Gasteiger partial charge in [-0.25, -0.2) is 0 Å². The molecule has 0 unspecified atom stereocenters. The Kier molecular flexibility index (Phi) is 4.86. The van der Waals surface area contributed by atoms with Crippen LogP contribution >= 0.6 is 11.6 Å². The Morgan fingerprint density at radius 3 is 2.55 bits per heavy atom. The molecule has 1 fully saturated rings. The van der Waals surface area contributed by atoms with Gasteiger partial charge in [0.15, 0.2) is 0 Å². The van der Waals surface area contributed by atoms with E-state index in [4.69, 9.17) is 21.1 Å². The van der Waals surface area contributed by atoms with E-state index < -0.39 is 0 Å². The predicted molar refractivity (Wildman–Crippen MR) is 89.4 cm³/mol. The molecule has 1 saturated heterocycles. The van der Waals surface area contributed by atoms with Gasteiger partial charge in [0.25, 0.3) is 0 Å². The van der Waals surface area contributed by atoms with Gasteiger partial charge < -0.3 is 14.8 Å². The first kappa shape index (κ1) is 15.2. The van der Waals surface area contributed by atoms with E-state index >= 15 is 0 Å². The number of para-hydroxylation sites is 1. The van der Waals surface area contributed by atoms with Crippen LogP contribution in [0.4, 0.5) is 0 Å². The molecule has 0 aliphatic carbocycles. The first-order valence-corrected chi connectivity index (χ1v) is 7.97. The quantitative estimate of drug-likeness (QED) is 0.893. The number of nitrogens with one attached hydrogen (secondary N) is 1. The number of hydrogen-bond acceptors (Lipinski definition) is 3. The SMILES string of the molecule is COc1ccc(Oc2ccccc2C2CCNCC2)c(Cl)c1. The third-order valence-electron chi connectivity index (χ3n) is 4.06. The molecule has 0 spiro atoms. The lowest BCUT2D eigenvalue weighted by atomic mass is 9.89. The fraction of sp³-hybridized carbons (Fsp3) is 0.333. The molecule has 1 N–H and O–H groups in total. The van der Waals surface area contributed by atoms with Gasteiger partial charge in [-0.2, -0.15) is 0 Å². The minimum absolute atomic E-state index is 0.537. The molecule has 0 radical (unpaired) electrons. The maximum absolute atomic E-state index is 6.28. The first-order valence-electron chi connectivity index (χ1n) is 7.59. The molecule has 22 heavy (non-hydrogen) atoms. The molecule has 3 nitrogen and oxygen atoms in total. The van der Waals surface area contributed by atoms with Crippen LogP contribution < -0.4 is 14.8 Å². The topological polar surface area (TPSA) is 30.5 Å². The fourth-order valence-electron chi connectivity index (χ4n) is 2.85. The fourth-order valence-corrected chi connectivity index (χ4v) is 3.06. The molecule has 116 valence electrons. The van der Waals surface area contributed by atoms with E-state index in [1.54, 1.807) is 13.2 Å². The lowest BCUT2D eigenvalue weighted by Gasteiger charge is -2.25. The second-order valence-electron chi connectivity index (χ2n) is 5.46. The molecular weight excluding hydrogens is 298 g/mol. The molecule has 0 amide bonds. The van der Waals surface area contributed by atoms with Crippen LogP contribution in [0.15, 0.2) is 42.5 Å². The van der Waals surface area contributed by atoms with Gasteiger partial charge >= 0.3 is 0 Å². The highest BCUT2D eigenvalue weighted by Crippen LogP contribution is 2.38. The highest BCUT2D eigenvalue weighted by atomic mass is 35.5. The van der Waals surface area contributed by atoms with Crippen LogP contribution in [0, 0.1) is 0 Å². The Labute approximate surface area is 136 Å². The molecule has 0 atom stereocenters. The van der Waals surface area contributed by atoms with Gasteiger partial charge in [0.1, 0.15) is 17.2 Å². The smallest absolute Gasteiger partial charge is 0.146 e. The Balaban J connectivity index is 1.86. The second kappa shape index (κ2) is 7.03. The molecule has 0 aromatic heterocycles. The highest BCUT2D eigenvalue weighted by Gasteiger charge is 2.19. The Bertz CT molecular complexity index is 639. The van der Waals surface area contributed by atoms with E-state index in [1.165, 1.54) is 5.56 Å².